The Kier molecular flexibility index (Phi) is 5.28. The molecule has 0 radical (unpaired) electrons. The molecule has 3 aliphatic heterocycles. The molecule has 11 nitrogen and oxygen atoms in total. The molecule has 9 atom stereocenters. The van der Waals surface area contributed by atoms with Crippen LogP contribution in [0.25, 0.3) is 0 Å². The van der Waals surface area contributed by atoms with Crippen molar-refractivity contribution >= 4 is 11.8 Å². The van der Waals surface area contributed by atoms with E-state index >= 15 is 0 Å². The summed E-state index contributed by atoms with van der Waals surface area (Å²) in [5.41, 5.74) is -0.546. The first kappa shape index (κ1) is 23.8. The van der Waals surface area contributed by atoms with Crippen molar-refractivity contribution in [3.05, 3.63) is 35.9 Å². The molecule has 5 aliphatic rings. The number of likely N-dealkylation sites (tertiary alicyclic amines) is 1. The van der Waals surface area contributed by atoms with Crippen molar-refractivity contribution in [2.45, 2.75) is 79.6 Å². The van der Waals surface area contributed by atoms with E-state index in [9.17, 15) is 35.1 Å². The van der Waals surface area contributed by atoms with Gasteiger partial charge in [-0.3, -0.25) is 9.69 Å². The number of rotatable bonds is 5. The number of piperidine rings is 1. The second-order valence-electron chi connectivity index (χ2n) is 10.4. The summed E-state index contributed by atoms with van der Waals surface area (Å²) in [4.78, 5) is 26.8. The monoisotopic (exact) mass is 503 g/mol. The molecule has 2 aliphatic carbocycles. The highest BCUT2D eigenvalue weighted by Gasteiger charge is 2.73. The van der Waals surface area contributed by atoms with Crippen molar-refractivity contribution in [3.63, 3.8) is 0 Å². The molecule has 5 N–H and O–H groups in total. The highest BCUT2D eigenvalue weighted by molar-refractivity contribution is 5.90. The highest BCUT2D eigenvalue weighted by Crippen LogP contribution is 2.65. The summed E-state index contributed by atoms with van der Waals surface area (Å²) in [5, 5.41) is 52.1. The maximum atomic E-state index is 13.1. The molecule has 1 aromatic carbocycles. The van der Waals surface area contributed by atoms with Crippen LogP contribution in [-0.4, -0.2) is 104 Å². The quantitative estimate of drug-likeness (QED) is 0.309. The number of carboxylic acids is 1. The van der Waals surface area contributed by atoms with Gasteiger partial charge < -0.3 is 39.7 Å². The van der Waals surface area contributed by atoms with Crippen LogP contribution in [0.1, 0.15) is 30.4 Å². The topological polar surface area (TPSA) is 166 Å². The molecule has 36 heavy (non-hydrogen) atoms. The molecule has 1 saturated carbocycles. The predicted octanol–water partition coefficient (Wildman–Crippen LogP) is -1.13. The van der Waals surface area contributed by atoms with Gasteiger partial charge in [-0.1, -0.05) is 12.1 Å². The molecule has 0 amide bonds. The minimum Gasteiger partial charge on any atom is -0.479 e. The fourth-order valence-electron chi connectivity index (χ4n) is 7.15. The molecule has 6 rings (SSSR count). The van der Waals surface area contributed by atoms with E-state index in [0.29, 0.717) is 37.9 Å². The summed E-state index contributed by atoms with van der Waals surface area (Å²) in [6.45, 7) is 5.10. The van der Waals surface area contributed by atoms with Crippen LogP contribution in [0.2, 0.25) is 0 Å². The zero-order valence-corrected chi connectivity index (χ0v) is 19.4. The van der Waals surface area contributed by atoms with Crippen molar-refractivity contribution in [3.8, 4) is 11.5 Å². The third-order valence-corrected chi connectivity index (χ3v) is 8.77. The van der Waals surface area contributed by atoms with Crippen LogP contribution in [0.4, 0.5) is 0 Å². The maximum Gasteiger partial charge on any atom is 0.335 e. The zero-order chi connectivity index (χ0) is 25.6. The number of ether oxygens (including phenoxy) is 3. The number of carbonyl (C=O) groups is 2. The van der Waals surface area contributed by atoms with Gasteiger partial charge in [-0.15, -0.1) is 6.58 Å². The van der Waals surface area contributed by atoms with Gasteiger partial charge in [0.25, 0.3) is 0 Å². The first-order valence-corrected chi connectivity index (χ1v) is 12.2. The molecule has 11 heteroatoms. The molecule has 2 bridgehead atoms. The zero-order valence-electron chi connectivity index (χ0n) is 19.4. The number of hydrogen-bond acceptors (Lipinski definition) is 10. The van der Waals surface area contributed by atoms with Crippen molar-refractivity contribution in [1.29, 1.82) is 0 Å². The van der Waals surface area contributed by atoms with Gasteiger partial charge in [-0.25, -0.2) is 4.79 Å². The Bertz CT molecular complexity index is 1140. The average Bonchev–Trinajstić information content (AvgIpc) is 3.20. The normalized spacial score (nSPS) is 42.9. The molecule has 1 spiro atoms. The van der Waals surface area contributed by atoms with Crippen molar-refractivity contribution in [2.24, 2.45) is 0 Å². The number of carbonyl (C=O) groups excluding carboxylic acids is 1. The lowest BCUT2D eigenvalue weighted by Crippen LogP contribution is -2.76. The standard InChI is InChI=1S/C25H29NO10/c1-2-8-26-9-7-24-15-11-3-4-13(34-23-18(30)16(28)17(29)20(36-23)22(31)32)19(15)35-21(24)12(27)5-6-25(24,33)14(26)10-11/h2-4,14,16-18,20-21,23,28-30,33H,1,5-10H2,(H,31,32)/t14-,16-,17-,18+,20-,21+,23-,24+,25-/m1/s1. The van der Waals surface area contributed by atoms with E-state index in [2.05, 4.69) is 11.5 Å². The number of aliphatic carboxylic acids is 1. The summed E-state index contributed by atoms with van der Waals surface area (Å²) in [5.74, 6) is -1.28. The molecule has 194 valence electrons. The summed E-state index contributed by atoms with van der Waals surface area (Å²) >= 11 is 0. The van der Waals surface area contributed by atoms with Crippen LogP contribution in [0.3, 0.4) is 0 Å². The largest absolute Gasteiger partial charge is 0.479 e. The Balaban J connectivity index is 1.43. The van der Waals surface area contributed by atoms with Gasteiger partial charge in [0.1, 0.15) is 18.3 Å². The smallest absolute Gasteiger partial charge is 0.335 e. The molecule has 0 aromatic heterocycles. The number of carboxylic acid groups (broad SMARTS) is 1. The Labute approximate surface area is 206 Å². The van der Waals surface area contributed by atoms with Gasteiger partial charge in [0, 0.05) is 31.1 Å². The lowest BCUT2D eigenvalue weighted by molar-refractivity contribution is -0.271. The highest BCUT2D eigenvalue weighted by atomic mass is 16.7. The number of hydrogen-bond donors (Lipinski definition) is 5. The number of nitrogens with zero attached hydrogens (tertiary/aromatic N) is 1. The summed E-state index contributed by atoms with van der Waals surface area (Å²) < 4.78 is 17.4. The minimum absolute atomic E-state index is 0.0939. The number of benzene rings is 1. The second-order valence-corrected chi connectivity index (χ2v) is 10.4. The van der Waals surface area contributed by atoms with E-state index in [1.165, 1.54) is 0 Å². The molecule has 0 unspecified atom stereocenters. The van der Waals surface area contributed by atoms with E-state index in [0.717, 1.165) is 5.56 Å². The van der Waals surface area contributed by atoms with Gasteiger partial charge in [0.15, 0.2) is 29.5 Å². The van der Waals surface area contributed by atoms with Crippen LogP contribution in [0.15, 0.2) is 24.8 Å². The summed E-state index contributed by atoms with van der Waals surface area (Å²) in [7, 11) is 0. The summed E-state index contributed by atoms with van der Waals surface area (Å²) in [6, 6.07) is 3.19. The third-order valence-electron chi connectivity index (χ3n) is 8.77. The van der Waals surface area contributed by atoms with Crippen molar-refractivity contribution in [2.75, 3.05) is 13.1 Å². The second kappa shape index (κ2) is 7.98. The molecular formula is C25H29NO10. The fourth-order valence-corrected chi connectivity index (χ4v) is 7.15. The lowest BCUT2D eigenvalue weighted by Gasteiger charge is -2.62. The van der Waals surface area contributed by atoms with Gasteiger partial charge in [0.05, 0.1) is 11.0 Å². The number of aliphatic hydroxyl groups excluding tert-OH is 3. The Morgan fingerprint density at radius 3 is 2.72 bits per heavy atom. The van der Waals surface area contributed by atoms with Gasteiger partial charge in [0.2, 0.25) is 6.29 Å². The summed E-state index contributed by atoms with van der Waals surface area (Å²) in [6.07, 6.45) is -6.44. The van der Waals surface area contributed by atoms with Crippen molar-refractivity contribution < 1.29 is 49.3 Å². The predicted molar refractivity (Wildman–Crippen MR) is 121 cm³/mol. The van der Waals surface area contributed by atoms with Crippen LogP contribution in [-0.2, 0) is 26.2 Å². The number of ketones is 1. The Morgan fingerprint density at radius 2 is 2.00 bits per heavy atom. The van der Waals surface area contributed by atoms with Crippen LogP contribution >= 0.6 is 0 Å². The van der Waals surface area contributed by atoms with E-state index in [1.807, 2.05) is 6.07 Å². The number of Topliss-reactive ketones (excluding diaryl/α,β-unsaturated/α-hetero) is 1. The number of aliphatic hydroxyl groups is 4. The average molecular weight is 504 g/mol. The first-order valence-electron chi connectivity index (χ1n) is 12.2. The molecule has 2 saturated heterocycles. The van der Waals surface area contributed by atoms with Crippen LogP contribution < -0.4 is 9.47 Å². The molecule has 3 fully saturated rings. The van der Waals surface area contributed by atoms with Crippen molar-refractivity contribution in [1.82, 2.24) is 4.90 Å². The van der Waals surface area contributed by atoms with E-state index < -0.39 is 53.8 Å². The first-order chi connectivity index (χ1) is 17.1. The lowest BCUT2D eigenvalue weighted by atomic mass is 9.49. The van der Waals surface area contributed by atoms with Gasteiger partial charge in [-0.2, -0.15) is 0 Å². The van der Waals surface area contributed by atoms with Crippen LogP contribution in [0.5, 0.6) is 11.5 Å². The Morgan fingerprint density at radius 1 is 1.22 bits per heavy atom. The van der Waals surface area contributed by atoms with Gasteiger partial charge >= 0.3 is 5.97 Å². The minimum atomic E-state index is -1.85. The van der Waals surface area contributed by atoms with E-state index in [4.69, 9.17) is 14.2 Å². The Hall–Kier alpha value is -2.54. The SMILES string of the molecule is C=CCN1CC[C@]23c4c5ccc(O[C@@H]6O[C@@H](C(=O)O)[C@H](O)[C@@H](O)[C@@H]6O)c4O[C@H]2C(=O)CC[C@@]3(O)[C@H]1C5. The van der Waals surface area contributed by atoms with Gasteiger partial charge in [-0.05, 0) is 30.9 Å². The molecule has 1 aromatic rings. The fraction of sp³-hybridized carbons (Fsp3) is 0.600. The molecular weight excluding hydrogens is 474 g/mol. The van der Waals surface area contributed by atoms with Crippen LogP contribution in [0, 0.1) is 0 Å². The molecule has 3 heterocycles. The van der Waals surface area contributed by atoms with E-state index in [1.54, 1.807) is 12.1 Å². The van der Waals surface area contributed by atoms with E-state index in [-0.39, 0.29) is 29.7 Å². The maximum absolute atomic E-state index is 13.1. The third kappa shape index (κ3) is 2.89.